The lowest BCUT2D eigenvalue weighted by molar-refractivity contribution is -0.161. The molecule has 546 valence electrons. The summed E-state index contributed by atoms with van der Waals surface area (Å²) >= 11 is 0. The first-order chi connectivity index (χ1) is 44.3. The molecule has 0 aliphatic carbocycles. The Bertz CT molecular complexity index is 1810. The zero-order valence-electron chi connectivity index (χ0n) is 60.0. The zero-order valence-corrected chi connectivity index (χ0v) is 61.8. The number of hydrogen-bond acceptors (Lipinski definition) is 15. The standard InChI is InChI=1S/C73H142O17P2/c1-8-11-12-13-14-15-24-33-40-47-54-70(75)83-60-69(90-73(78)57-50-43-36-29-27-32-39-46-53-66(7)10-3)63-88-92(81,82)86-59-67(74)58-85-91(79,80)87-62-68(61-84-71(76)55-48-41-34-28-26-31-38-45-52-65(6)9-2)89-72(77)56-49-42-35-25-22-20-18-16-17-19-21-23-30-37-44-51-64(4)5/h64-69,74H,8-63H2,1-7H3,(H,79,80)(H,81,82)/t65?,66?,67-,68-,69-/m1/s1. The van der Waals surface area contributed by atoms with Crippen molar-refractivity contribution >= 4 is 39.5 Å². The van der Waals surface area contributed by atoms with Gasteiger partial charge in [0.15, 0.2) is 12.2 Å². The molecule has 0 bridgehead atoms. The minimum atomic E-state index is -4.95. The predicted molar refractivity (Wildman–Crippen MR) is 372 cm³/mol. The highest BCUT2D eigenvalue weighted by molar-refractivity contribution is 7.47. The summed E-state index contributed by atoms with van der Waals surface area (Å²) in [6.07, 6.45) is 48.4. The highest BCUT2D eigenvalue weighted by Crippen LogP contribution is 2.45. The molecule has 0 heterocycles. The summed E-state index contributed by atoms with van der Waals surface area (Å²) in [6, 6.07) is 0. The van der Waals surface area contributed by atoms with Gasteiger partial charge in [0.05, 0.1) is 26.4 Å². The molecular weight excluding hydrogens is 1210 g/mol. The third-order valence-corrected chi connectivity index (χ3v) is 19.5. The van der Waals surface area contributed by atoms with Gasteiger partial charge in [-0.05, 0) is 43.4 Å². The van der Waals surface area contributed by atoms with E-state index in [4.69, 9.17) is 37.0 Å². The largest absolute Gasteiger partial charge is 0.472 e. The number of phosphoric ester groups is 2. The molecule has 0 aromatic carbocycles. The number of phosphoric acid groups is 2. The first-order valence-electron chi connectivity index (χ1n) is 37.9. The van der Waals surface area contributed by atoms with E-state index >= 15 is 0 Å². The van der Waals surface area contributed by atoms with E-state index in [-0.39, 0.29) is 25.7 Å². The number of aliphatic hydroxyl groups excluding tert-OH is 1. The van der Waals surface area contributed by atoms with Crippen LogP contribution in [0.15, 0.2) is 0 Å². The second-order valence-corrected chi connectivity index (χ2v) is 30.2. The van der Waals surface area contributed by atoms with Gasteiger partial charge in [-0.25, -0.2) is 9.13 Å². The monoisotopic (exact) mass is 1350 g/mol. The van der Waals surface area contributed by atoms with Gasteiger partial charge in [0.1, 0.15) is 19.3 Å². The number of unbranched alkanes of at least 4 members (excludes halogenated alkanes) is 37. The number of carbonyl (C=O) groups is 4. The molecule has 4 unspecified atom stereocenters. The Hall–Kier alpha value is -1.94. The molecule has 0 saturated carbocycles. The molecule has 0 spiro atoms. The Morgan fingerprint density at radius 3 is 0.826 bits per heavy atom. The van der Waals surface area contributed by atoms with E-state index < -0.39 is 97.5 Å². The number of ether oxygens (including phenoxy) is 4. The summed E-state index contributed by atoms with van der Waals surface area (Å²) in [7, 11) is -9.91. The first kappa shape index (κ1) is 90.1. The van der Waals surface area contributed by atoms with Crippen LogP contribution in [0, 0.1) is 17.8 Å². The minimum absolute atomic E-state index is 0.105. The Kier molecular flexibility index (Phi) is 62.4. The number of carbonyl (C=O) groups excluding carboxylic acids is 4. The van der Waals surface area contributed by atoms with Crippen molar-refractivity contribution in [3.63, 3.8) is 0 Å². The van der Waals surface area contributed by atoms with Gasteiger partial charge in [-0.15, -0.1) is 0 Å². The average Bonchev–Trinajstić information content (AvgIpc) is 2.86. The molecule has 0 rings (SSSR count). The van der Waals surface area contributed by atoms with Crippen molar-refractivity contribution in [2.45, 2.75) is 388 Å². The molecule has 17 nitrogen and oxygen atoms in total. The SMILES string of the molecule is CCCCCCCCCCCCC(=O)OC[C@H](COP(=O)(O)OC[C@H](O)COP(=O)(O)OC[C@@H](COC(=O)CCCCCCCCCCC(C)CC)OC(=O)CCCCCCCCCCCCCCCCCC(C)C)OC(=O)CCCCCCCCCCC(C)CC. The van der Waals surface area contributed by atoms with E-state index in [9.17, 15) is 43.2 Å². The van der Waals surface area contributed by atoms with E-state index in [0.29, 0.717) is 25.7 Å². The molecule has 0 aliphatic rings. The van der Waals surface area contributed by atoms with Crippen LogP contribution in [0.3, 0.4) is 0 Å². The van der Waals surface area contributed by atoms with Gasteiger partial charge in [-0.1, -0.05) is 318 Å². The van der Waals surface area contributed by atoms with Crippen molar-refractivity contribution in [1.29, 1.82) is 0 Å². The lowest BCUT2D eigenvalue weighted by Crippen LogP contribution is -2.30. The Labute approximate surface area is 562 Å². The van der Waals surface area contributed by atoms with Gasteiger partial charge >= 0.3 is 39.5 Å². The van der Waals surface area contributed by atoms with E-state index in [1.807, 2.05) is 0 Å². The van der Waals surface area contributed by atoms with Crippen LogP contribution < -0.4 is 0 Å². The second kappa shape index (κ2) is 63.8. The van der Waals surface area contributed by atoms with Crippen LogP contribution in [0.25, 0.3) is 0 Å². The predicted octanol–water partition coefficient (Wildman–Crippen LogP) is 21.0. The fraction of sp³-hybridized carbons (Fsp3) is 0.945. The molecule has 0 aromatic heterocycles. The lowest BCUT2D eigenvalue weighted by atomic mass is 9.99. The van der Waals surface area contributed by atoms with E-state index in [2.05, 4.69) is 48.5 Å². The van der Waals surface area contributed by atoms with Crippen LogP contribution in [-0.2, 0) is 65.4 Å². The van der Waals surface area contributed by atoms with Crippen molar-refractivity contribution < 1.29 is 80.2 Å². The molecule has 92 heavy (non-hydrogen) atoms. The molecule has 0 fully saturated rings. The highest BCUT2D eigenvalue weighted by Gasteiger charge is 2.30. The molecule has 0 saturated heterocycles. The fourth-order valence-corrected chi connectivity index (χ4v) is 12.6. The van der Waals surface area contributed by atoms with Crippen molar-refractivity contribution in [1.82, 2.24) is 0 Å². The number of rotatable bonds is 71. The third kappa shape index (κ3) is 64.1. The highest BCUT2D eigenvalue weighted by atomic mass is 31.2. The van der Waals surface area contributed by atoms with Crippen LogP contribution in [0.2, 0.25) is 0 Å². The fourth-order valence-electron chi connectivity index (χ4n) is 11.0. The maximum Gasteiger partial charge on any atom is 0.472 e. The van der Waals surface area contributed by atoms with Crippen molar-refractivity contribution in [2.75, 3.05) is 39.6 Å². The summed E-state index contributed by atoms with van der Waals surface area (Å²) in [5.74, 6) is 0.226. The van der Waals surface area contributed by atoms with E-state index in [0.717, 1.165) is 108 Å². The minimum Gasteiger partial charge on any atom is -0.462 e. The Morgan fingerprint density at radius 1 is 0.315 bits per heavy atom. The number of esters is 4. The first-order valence-corrected chi connectivity index (χ1v) is 40.9. The summed E-state index contributed by atoms with van der Waals surface area (Å²) in [5.41, 5.74) is 0. The average molecular weight is 1350 g/mol. The Balaban J connectivity index is 5.24. The summed E-state index contributed by atoms with van der Waals surface area (Å²) in [4.78, 5) is 72.7. The smallest absolute Gasteiger partial charge is 0.462 e. The number of hydrogen-bond donors (Lipinski definition) is 3. The molecule has 0 aromatic rings. The summed E-state index contributed by atoms with van der Waals surface area (Å²) in [5, 5.41) is 10.6. The zero-order chi connectivity index (χ0) is 68.0. The molecule has 3 N–H and O–H groups in total. The maximum absolute atomic E-state index is 13.1. The van der Waals surface area contributed by atoms with Gasteiger partial charge in [0, 0.05) is 25.7 Å². The normalized spacial score (nSPS) is 14.7. The summed E-state index contributed by atoms with van der Waals surface area (Å²) < 4.78 is 68.4. The van der Waals surface area contributed by atoms with Gasteiger partial charge in [-0.3, -0.25) is 37.3 Å². The molecular formula is C73H142O17P2. The van der Waals surface area contributed by atoms with Crippen LogP contribution in [0.4, 0.5) is 0 Å². The topological polar surface area (TPSA) is 237 Å². The van der Waals surface area contributed by atoms with Gasteiger partial charge in [0.25, 0.3) is 0 Å². The van der Waals surface area contributed by atoms with E-state index in [1.165, 1.54) is 180 Å². The van der Waals surface area contributed by atoms with Crippen LogP contribution in [0.1, 0.15) is 370 Å². The third-order valence-electron chi connectivity index (χ3n) is 17.6. The molecule has 7 atom stereocenters. The Morgan fingerprint density at radius 2 is 0.554 bits per heavy atom. The lowest BCUT2D eigenvalue weighted by Gasteiger charge is -2.21. The van der Waals surface area contributed by atoms with Crippen molar-refractivity contribution in [2.24, 2.45) is 17.8 Å². The maximum atomic E-state index is 13.1. The van der Waals surface area contributed by atoms with Crippen molar-refractivity contribution in [3.05, 3.63) is 0 Å². The van der Waals surface area contributed by atoms with E-state index in [1.54, 1.807) is 0 Å². The molecule has 0 amide bonds. The van der Waals surface area contributed by atoms with Gasteiger partial charge in [-0.2, -0.15) is 0 Å². The van der Waals surface area contributed by atoms with Crippen LogP contribution >= 0.6 is 15.6 Å². The van der Waals surface area contributed by atoms with Crippen molar-refractivity contribution in [3.8, 4) is 0 Å². The van der Waals surface area contributed by atoms with Crippen LogP contribution in [-0.4, -0.2) is 96.7 Å². The molecule has 0 aliphatic heterocycles. The second-order valence-electron chi connectivity index (χ2n) is 27.3. The summed E-state index contributed by atoms with van der Waals surface area (Å²) in [6.45, 7) is 11.9. The van der Waals surface area contributed by atoms with Gasteiger partial charge < -0.3 is 33.8 Å². The van der Waals surface area contributed by atoms with Gasteiger partial charge in [0.2, 0.25) is 0 Å². The molecule has 19 heteroatoms. The van der Waals surface area contributed by atoms with Crippen LogP contribution in [0.5, 0.6) is 0 Å². The number of aliphatic hydroxyl groups is 1. The molecule has 0 radical (unpaired) electrons. The quantitative estimate of drug-likeness (QED) is 0.0222.